The van der Waals surface area contributed by atoms with E-state index in [4.69, 9.17) is 4.74 Å². The van der Waals surface area contributed by atoms with Crippen molar-refractivity contribution in [1.82, 2.24) is 14.4 Å². The number of carbonyl (C=O) groups excluding carboxylic acids is 2. The molecule has 0 spiro atoms. The lowest BCUT2D eigenvalue weighted by Gasteiger charge is -2.27. The van der Waals surface area contributed by atoms with Crippen LogP contribution < -0.4 is 5.32 Å². The van der Waals surface area contributed by atoms with Crippen molar-refractivity contribution in [1.29, 1.82) is 0 Å². The number of aryl methyl sites for hydroxylation is 1. The third-order valence-electron chi connectivity index (χ3n) is 4.60. The Morgan fingerprint density at radius 3 is 2.53 bits per heavy atom. The molecule has 2 rings (SSSR count). The highest BCUT2D eigenvalue weighted by molar-refractivity contribution is 5.92. The van der Waals surface area contributed by atoms with E-state index in [0.29, 0.717) is 38.7 Å². The Morgan fingerprint density at radius 2 is 1.93 bits per heavy atom. The minimum absolute atomic E-state index is 0.144. The maximum absolute atomic E-state index is 13.9. The summed E-state index contributed by atoms with van der Waals surface area (Å²) in [4.78, 5) is 28.5. The van der Waals surface area contributed by atoms with Gasteiger partial charge in [0.2, 0.25) is 5.91 Å². The normalized spacial score (nSPS) is 10.7. The first kappa shape index (κ1) is 23.3. The molecule has 0 radical (unpaired) electrons. The lowest BCUT2D eigenvalue weighted by atomic mass is 10.3. The number of hydrogen-bond acceptors (Lipinski definition) is 3. The number of amides is 3. The third-order valence-corrected chi connectivity index (χ3v) is 4.60. The van der Waals surface area contributed by atoms with Gasteiger partial charge in [-0.3, -0.25) is 4.79 Å². The fraction of sp³-hybridized carbons (Fsp3) is 0.429. The van der Waals surface area contributed by atoms with E-state index in [9.17, 15) is 18.4 Å². The molecule has 0 atom stereocenters. The van der Waals surface area contributed by atoms with Crippen molar-refractivity contribution < 1.29 is 23.1 Å². The summed E-state index contributed by atoms with van der Waals surface area (Å²) >= 11 is 0. The second-order valence-corrected chi connectivity index (χ2v) is 6.89. The fourth-order valence-corrected chi connectivity index (χ4v) is 2.92. The van der Waals surface area contributed by atoms with E-state index in [1.807, 2.05) is 36.9 Å². The topological polar surface area (TPSA) is 66.8 Å². The predicted molar refractivity (Wildman–Crippen MR) is 110 cm³/mol. The monoisotopic (exact) mass is 422 g/mol. The van der Waals surface area contributed by atoms with E-state index < -0.39 is 17.7 Å². The number of aromatic nitrogens is 1. The Balaban J connectivity index is 2.10. The summed E-state index contributed by atoms with van der Waals surface area (Å²) in [6.07, 6.45) is 2.50. The summed E-state index contributed by atoms with van der Waals surface area (Å²) < 4.78 is 34.0. The molecule has 1 aromatic heterocycles. The van der Waals surface area contributed by atoms with Gasteiger partial charge >= 0.3 is 6.03 Å². The average Bonchev–Trinajstić information content (AvgIpc) is 3.11. The third kappa shape index (κ3) is 6.55. The summed E-state index contributed by atoms with van der Waals surface area (Å²) in [5.74, 6) is -1.87. The number of nitrogens with zero attached hydrogens (tertiary/aromatic N) is 3. The van der Waals surface area contributed by atoms with Gasteiger partial charge in [0.1, 0.15) is 18.2 Å². The maximum atomic E-state index is 13.9. The van der Waals surface area contributed by atoms with Crippen LogP contribution in [-0.4, -0.2) is 59.7 Å². The molecule has 0 unspecified atom stereocenters. The summed E-state index contributed by atoms with van der Waals surface area (Å²) in [5, 5.41) is 2.41. The minimum atomic E-state index is -0.878. The van der Waals surface area contributed by atoms with Gasteiger partial charge in [0.15, 0.2) is 0 Å². The highest BCUT2D eigenvalue weighted by atomic mass is 19.1. The van der Waals surface area contributed by atoms with Crippen LogP contribution in [0.4, 0.5) is 19.3 Å². The quantitative estimate of drug-likeness (QED) is 0.639. The van der Waals surface area contributed by atoms with Crippen molar-refractivity contribution in [2.75, 3.05) is 38.7 Å². The molecular weight excluding hydrogens is 394 g/mol. The zero-order chi connectivity index (χ0) is 22.1. The van der Waals surface area contributed by atoms with Gasteiger partial charge in [-0.2, -0.15) is 0 Å². The predicted octanol–water partition coefficient (Wildman–Crippen LogP) is 3.22. The molecule has 2 aromatic rings. The first-order valence-electron chi connectivity index (χ1n) is 9.73. The Morgan fingerprint density at radius 1 is 1.17 bits per heavy atom. The van der Waals surface area contributed by atoms with Crippen molar-refractivity contribution in [3.8, 4) is 0 Å². The molecule has 0 saturated heterocycles. The Labute approximate surface area is 175 Å². The van der Waals surface area contributed by atoms with Gasteiger partial charge in [0.25, 0.3) is 0 Å². The van der Waals surface area contributed by atoms with Crippen LogP contribution in [0, 0.1) is 11.6 Å². The lowest BCUT2D eigenvalue weighted by molar-refractivity contribution is -0.133. The molecule has 0 fully saturated rings. The number of halogens is 2. The van der Waals surface area contributed by atoms with Gasteiger partial charge < -0.3 is 24.4 Å². The second kappa shape index (κ2) is 11.3. The van der Waals surface area contributed by atoms with E-state index in [2.05, 4.69) is 5.32 Å². The van der Waals surface area contributed by atoms with E-state index in [0.717, 1.165) is 17.8 Å². The number of urea groups is 1. The molecule has 0 saturated carbocycles. The lowest BCUT2D eigenvalue weighted by Crippen LogP contribution is -2.45. The number of carbonyl (C=O) groups is 2. The van der Waals surface area contributed by atoms with E-state index in [1.54, 1.807) is 12.0 Å². The van der Waals surface area contributed by atoms with Gasteiger partial charge in [-0.1, -0.05) is 6.92 Å². The zero-order valence-electron chi connectivity index (χ0n) is 17.5. The van der Waals surface area contributed by atoms with Crippen LogP contribution in [0.25, 0.3) is 0 Å². The van der Waals surface area contributed by atoms with Crippen LogP contribution in [0.5, 0.6) is 0 Å². The summed E-state index contributed by atoms with van der Waals surface area (Å²) in [7, 11) is 3.45. The van der Waals surface area contributed by atoms with E-state index >= 15 is 0 Å². The SMILES string of the molecule is CCCN(CC(=O)N(CCOC)Cc1cccn1C)C(=O)Nc1ccc(F)cc1F. The number of methoxy groups -OCH3 is 1. The largest absolute Gasteiger partial charge is 0.383 e. The van der Waals surface area contributed by atoms with Crippen molar-refractivity contribution in [3.63, 3.8) is 0 Å². The Hall–Kier alpha value is -2.94. The molecule has 0 aliphatic rings. The standard InChI is InChI=1S/C21H28F2N4O3/c1-4-9-27(21(29)24-19-8-7-16(22)13-18(19)23)15-20(28)26(11-12-30-3)14-17-6-5-10-25(17)2/h5-8,10,13H,4,9,11-12,14-15H2,1-3H3,(H,24,29). The number of anilines is 1. The molecule has 0 bridgehead atoms. The smallest absolute Gasteiger partial charge is 0.322 e. The van der Waals surface area contributed by atoms with E-state index in [-0.39, 0.29) is 18.1 Å². The molecule has 3 amide bonds. The molecule has 7 nitrogen and oxygen atoms in total. The van der Waals surface area contributed by atoms with Gasteiger partial charge in [-0.05, 0) is 30.7 Å². The summed E-state index contributed by atoms with van der Waals surface area (Å²) in [6.45, 7) is 3.11. The van der Waals surface area contributed by atoms with Crippen LogP contribution >= 0.6 is 0 Å². The van der Waals surface area contributed by atoms with Crippen LogP contribution in [0.1, 0.15) is 19.0 Å². The summed E-state index contributed by atoms with van der Waals surface area (Å²) in [6, 6.07) is 6.08. The second-order valence-electron chi connectivity index (χ2n) is 6.89. The molecule has 164 valence electrons. The molecule has 1 N–H and O–H groups in total. The van der Waals surface area contributed by atoms with Crippen molar-refractivity contribution >= 4 is 17.6 Å². The molecule has 9 heteroatoms. The molecular formula is C21H28F2N4O3. The van der Waals surface area contributed by atoms with Crippen molar-refractivity contribution in [3.05, 3.63) is 53.9 Å². The fourth-order valence-electron chi connectivity index (χ4n) is 2.92. The van der Waals surface area contributed by atoms with Crippen LogP contribution in [0.3, 0.4) is 0 Å². The first-order chi connectivity index (χ1) is 14.3. The molecule has 1 heterocycles. The first-order valence-corrected chi connectivity index (χ1v) is 9.73. The number of hydrogen-bond donors (Lipinski definition) is 1. The summed E-state index contributed by atoms with van der Waals surface area (Å²) in [5.41, 5.74) is 0.800. The van der Waals surface area contributed by atoms with Crippen LogP contribution in [-0.2, 0) is 23.1 Å². The number of benzene rings is 1. The van der Waals surface area contributed by atoms with Gasteiger partial charge in [-0.15, -0.1) is 0 Å². The molecule has 0 aliphatic carbocycles. The molecule has 0 aliphatic heterocycles. The van der Waals surface area contributed by atoms with Gasteiger partial charge in [-0.25, -0.2) is 13.6 Å². The Bertz CT molecular complexity index is 857. The number of rotatable bonds is 10. The van der Waals surface area contributed by atoms with Crippen LogP contribution in [0.2, 0.25) is 0 Å². The number of ether oxygens (including phenoxy) is 1. The zero-order valence-corrected chi connectivity index (χ0v) is 17.5. The van der Waals surface area contributed by atoms with Crippen molar-refractivity contribution in [2.24, 2.45) is 7.05 Å². The Kier molecular flexibility index (Phi) is 8.79. The highest BCUT2D eigenvalue weighted by Crippen LogP contribution is 2.16. The maximum Gasteiger partial charge on any atom is 0.322 e. The number of nitrogens with one attached hydrogen (secondary N) is 1. The van der Waals surface area contributed by atoms with Gasteiger partial charge in [0, 0.05) is 45.2 Å². The molecule has 30 heavy (non-hydrogen) atoms. The molecule has 1 aromatic carbocycles. The highest BCUT2D eigenvalue weighted by Gasteiger charge is 2.22. The van der Waals surface area contributed by atoms with E-state index in [1.165, 1.54) is 4.90 Å². The van der Waals surface area contributed by atoms with Gasteiger partial charge in [0.05, 0.1) is 18.8 Å². The van der Waals surface area contributed by atoms with Crippen molar-refractivity contribution in [2.45, 2.75) is 19.9 Å². The minimum Gasteiger partial charge on any atom is -0.383 e. The van der Waals surface area contributed by atoms with Crippen LogP contribution in [0.15, 0.2) is 36.5 Å². The average molecular weight is 422 g/mol.